The van der Waals surface area contributed by atoms with E-state index in [0.717, 1.165) is 6.42 Å². The Balaban J connectivity index is 1.35. The first-order valence-electron chi connectivity index (χ1n) is 17.2. The highest BCUT2D eigenvalue weighted by molar-refractivity contribution is 6.56. The molecule has 2 aliphatic rings. The van der Waals surface area contributed by atoms with Gasteiger partial charge in [-0.25, -0.2) is 0 Å². The van der Waals surface area contributed by atoms with Crippen LogP contribution in [0.3, 0.4) is 0 Å². The van der Waals surface area contributed by atoms with E-state index in [0.29, 0.717) is 0 Å². The Morgan fingerprint density at radius 1 is 0.500 bits per heavy atom. The molecule has 0 radical (unpaired) electrons. The number of fused-ring (bicyclic) bond motifs is 2. The fourth-order valence-electron chi connectivity index (χ4n) is 7.46. The summed E-state index contributed by atoms with van der Waals surface area (Å²) in [5, 5.41) is 2.54. The van der Waals surface area contributed by atoms with E-state index in [-0.39, 0.29) is 13.0 Å². The standard InChI is InChI=1S/C45H41BO2/c1-30-28-39-40(29-41(30)46-47-44(2,3)45(4,5)48-46)43(36-26-22-34(23-27-36)32-16-10-7-11-17-32)38-19-13-12-18-37(38)42(39)35-24-20-33(21-25-35)31-14-8-6-9-15-31/h6-27,29-30H,28H2,1-5H3. The fourth-order valence-corrected chi connectivity index (χ4v) is 7.46. The maximum Gasteiger partial charge on any atom is 0.490 e. The van der Waals surface area contributed by atoms with Crippen LogP contribution in [0.2, 0.25) is 0 Å². The third kappa shape index (κ3) is 5.23. The van der Waals surface area contributed by atoms with E-state index >= 15 is 0 Å². The summed E-state index contributed by atoms with van der Waals surface area (Å²) in [5.41, 5.74) is 13.0. The zero-order valence-electron chi connectivity index (χ0n) is 28.5. The lowest BCUT2D eigenvalue weighted by atomic mass is 9.64. The lowest BCUT2D eigenvalue weighted by Crippen LogP contribution is -2.41. The monoisotopic (exact) mass is 624 g/mol. The number of hydrogen-bond acceptors (Lipinski definition) is 2. The van der Waals surface area contributed by atoms with Gasteiger partial charge in [0, 0.05) is 0 Å². The van der Waals surface area contributed by atoms with Crippen molar-refractivity contribution in [2.45, 2.75) is 52.2 Å². The average molecular weight is 625 g/mol. The SMILES string of the molecule is CC1Cc2c(c(-c3ccc(-c4ccccc4)cc3)c3ccccc3c2-c2ccc(-c3ccccc3)cc2)C=C1B1OC(C)(C)C(C)(C)O1. The van der Waals surface area contributed by atoms with Crippen LogP contribution < -0.4 is 0 Å². The van der Waals surface area contributed by atoms with Crippen molar-refractivity contribution in [2.75, 3.05) is 0 Å². The Bertz CT molecular complexity index is 2130. The Morgan fingerprint density at radius 3 is 1.40 bits per heavy atom. The van der Waals surface area contributed by atoms with E-state index in [4.69, 9.17) is 9.31 Å². The molecule has 236 valence electrons. The number of benzene rings is 6. The summed E-state index contributed by atoms with van der Waals surface area (Å²) in [5.74, 6) is 0.254. The van der Waals surface area contributed by atoms with Gasteiger partial charge in [-0.1, -0.05) is 146 Å². The van der Waals surface area contributed by atoms with E-state index < -0.39 is 11.2 Å². The van der Waals surface area contributed by atoms with Crippen LogP contribution >= 0.6 is 0 Å². The van der Waals surface area contributed by atoms with Gasteiger partial charge in [0.15, 0.2) is 0 Å². The second-order valence-electron chi connectivity index (χ2n) is 14.4. The van der Waals surface area contributed by atoms with Crippen molar-refractivity contribution in [1.29, 1.82) is 0 Å². The highest BCUT2D eigenvalue weighted by atomic mass is 16.7. The molecule has 0 spiro atoms. The summed E-state index contributed by atoms with van der Waals surface area (Å²) in [6.45, 7) is 10.9. The molecule has 1 aliphatic heterocycles. The molecule has 0 N–H and O–H groups in total. The molecule has 0 bridgehead atoms. The Labute approximate surface area is 285 Å². The number of hydrogen-bond donors (Lipinski definition) is 0. The molecule has 6 aromatic carbocycles. The highest BCUT2D eigenvalue weighted by Crippen LogP contribution is 2.49. The second-order valence-corrected chi connectivity index (χ2v) is 14.4. The highest BCUT2D eigenvalue weighted by Gasteiger charge is 2.53. The van der Waals surface area contributed by atoms with Crippen LogP contribution in [0.5, 0.6) is 0 Å². The third-order valence-corrected chi connectivity index (χ3v) is 10.8. The van der Waals surface area contributed by atoms with Gasteiger partial charge in [-0.3, -0.25) is 0 Å². The molecule has 48 heavy (non-hydrogen) atoms. The molecule has 1 fully saturated rings. The summed E-state index contributed by atoms with van der Waals surface area (Å²) in [4.78, 5) is 0. The zero-order valence-corrected chi connectivity index (χ0v) is 28.5. The van der Waals surface area contributed by atoms with E-state index in [1.807, 2.05) is 0 Å². The lowest BCUT2D eigenvalue weighted by molar-refractivity contribution is 0.00578. The van der Waals surface area contributed by atoms with Crippen molar-refractivity contribution in [3.63, 3.8) is 0 Å². The smallest absolute Gasteiger partial charge is 0.400 e. The molecule has 8 rings (SSSR count). The van der Waals surface area contributed by atoms with Gasteiger partial charge in [0.2, 0.25) is 0 Å². The van der Waals surface area contributed by atoms with Crippen molar-refractivity contribution in [3.8, 4) is 44.5 Å². The van der Waals surface area contributed by atoms with Crippen molar-refractivity contribution in [3.05, 3.63) is 150 Å². The molecule has 0 saturated carbocycles. The quantitative estimate of drug-likeness (QED) is 0.178. The van der Waals surface area contributed by atoms with E-state index in [2.05, 4.69) is 174 Å². The summed E-state index contributed by atoms with van der Waals surface area (Å²) < 4.78 is 13.3. The van der Waals surface area contributed by atoms with Gasteiger partial charge in [-0.2, -0.15) is 0 Å². The fraction of sp³-hybridized carbons (Fsp3) is 0.200. The van der Waals surface area contributed by atoms with Crippen LogP contribution in [0, 0.1) is 5.92 Å². The first-order valence-corrected chi connectivity index (χ1v) is 17.2. The second kappa shape index (κ2) is 11.8. The van der Waals surface area contributed by atoms with Crippen LogP contribution in [-0.4, -0.2) is 18.3 Å². The molecule has 0 amide bonds. The van der Waals surface area contributed by atoms with Gasteiger partial charge < -0.3 is 9.31 Å². The molecule has 0 aromatic heterocycles. The molecule has 1 atom stereocenters. The first-order chi connectivity index (χ1) is 23.2. The summed E-state index contributed by atoms with van der Waals surface area (Å²) in [6, 6.07) is 48.4. The molecule has 2 nitrogen and oxygen atoms in total. The Kier molecular flexibility index (Phi) is 7.51. The molecule has 1 saturated heterocycles. The van der Waals surface area contributed by atoms with Gasteiger partial charge in [0.05, 0.1) is 11.2 Å². The van der Waals surface area contributed by atoms with Crippen LogP contribution in [0.1, 0.15) is 45.7 Å². The van der Waals surface area contributed by atoms with Crippen molar-refractivity contribution in [2.24, 2.45) is 5.92 Å². The average Bonchev–Trinajstić information content (AvgIpc) is 3.33. The summed E-state index contributed by atoms with van der Waals surface area (Å²) in [7, 11) is -0.383. The molecular formula is C45H41BO2. The molecule has 6 aromatic rings. The van der Waals surface area contributed by atoms with Gasteiger partial charge >= 0.3 is 7.12 Å². The lowest BCUT2D eigenvalue weighted by Gasteiger charge is -2.32. The zero-order chi connectivity index (χ0) is 33.0. The van der Waals surface area contributed by atoms with Gasteiger partial charge in [-0.15, -0.1) is 0 Å². The van der Waals surface area contributed by atoms with Crippen molar-refractivity contribution in [1.82, 2.24) is 0 Å². The topological polar surface area (TPSA) is 18.5 Å². The normalized spacial score (nSPS) is 18.1. The van der Waals surface area contributed by atoms with Crippen molar-refractivity contribution >= 4 is 24.0 Å². The minimum atomic E-state index is -0.399. The largest absolute Gasteiger partial charge is 0.490 e. The van der Waals surface area contributed by atoms with Gasteiger partial charge in [-0.05, 0) is 112 Å². The third-order valence-electron chi connectivity index (χ3n) is 10.8. The molecule has 1 aliphatic carbocycles. The minimum Gasteiger partial charge on any atom is -0.400 e. The van der Waals surface area contributed by atoms with Gasteiger partial charge in [0.25, 0.3) is 0 Å². The summed E-state index contributed by atoms with van der Waals surface area (Å²) in [6.07, 6.45) is 3.31. The van der Waals surface area contributed by atoms with Crippen LogP contribution in [0.15, 0.2) is 139 Å². The Hall–Kier alpha value is -4.70. The van der Waals surface area contributed by atoms with E-state index in [1.165, 1.54) is 71.9 Å². The Morgan fingerprint density at radius 2 is 0.896 bits per heavy atom. The predicted molar refractivity (Wildman–Crippen MR) is 203 cm³/mol. The molecule has 3 heteroatoms. The van der Waals surface area contributed by atoms with Crippen LogP contribution in [0.25, 0.3) is 61.4 Å². The van der Waals surface area contributed by atoms with E-state index in [9.17, 15) is 0 Å². The van der Waals surface area contributed by atoms with Crippen LogP contribution in [-0.2, 0) is 15.7 Å². The number of rotatable bonds is 5. The van der Waals surface area contributed by atoms with Crippen molar-refractivity contribution < 1.29 is 9.31 Å². The maximum atomic E-state index is 6.67. The molecule has 1 unspecified atom stereocenters. The summed E-state index contributed by atoms with van der Waals surface area (Å²) >= 11 is 0. The molecular weight excluding hydrogens is 583 g/mol. The minimum absolute atomic E-state index is 0.254. The van der Waals surface area contributed by atoms with Crippen LogP contribution in [0.4, 0.5) is 0 Å². The first kappa shape index (κ1) is 30.6. The van der Waals surface area contributed by atoms with E-state index in [1.54, 1.807) is 0 Å². The van der Waals surface area contributed by atoms with Gasteiger partial charge in [0.1, 0.15) is 0 Å². The predicted octanol–water partition coefficient (Wildman–Crippen LogP) is 11.7. The maximum absolute atomic E-state index is 6.67. The number of allylic oxidation sites excluding steroid dienone is 1. The molecule has 1 heterocycles.